The van der Waals surface area contributed by atoms with Gasteiger partial charge in [-0.25, -0.2) is 4.79 Å². The van der Waals surface area contributed by atoms with Gasteiger partial charge in [0.05, 0.1) is 7.11 Å². The molecule has 2 N–H and O–H groups in total. The monoisotopic (exact) mass is 161 g/mol. The standard InChI is InChI=1S/C7H15NO3/c1-4-8-5(2)6(9)7(10)11-3/h5-6,8-9H,4H2,1-3H3. The van der Waals surface area contributed by atoms with Crippen molar-refractivity contribution in [2.45, 2.75) is 26.0 Å². The van der Waals surface area contributed by atoms with Crippen molar-refractivity contribution in [3.63, 3.8) is 0 Å². The van der Waals surface area contributed by atoms with Crippen LogP contribution in [0.1, 0.15) is 13.8 Å². The summed E-state index contributed by atoms with van der Waals surface area (Å²) in [6.45, 7) is 4.35. The van der Waals surface area contributed by atoms with E-state index >= 15 is 0 Å². The van der Waals surface area contributed by atoms with Crippen LogP contribution in [0.25, 0.3) is 0 Å². The van der Waals surface area contributed by atoms with Gasteiger partial charge in [-0.2, -0.15) is 0 Å². The molecular formula is C7H15NO3. The molecule has 11 heavy (non-hydrogen) atoms. The maximum absolute atomic E-state index is 10.7. The number of aliphatic hydroxyl groups is 1. The molecule has 0 fully saturated rings. The maximum Gasteiger partial charge on any atom is 0.336 e. The summed E-state index contributed by atoms with van der Waals surface area (Å²) in [5.41, 5.74) is 0. The van der Waals surface area contributed by atoms with E-state index < -0.39 is 12.1 Å². The average molecular weight is 161 g/mol. The zero-order valence-corrected chi connectivity index (χ0v) is 7.13. The lowest BCUT2D eigenvalue weighted by atomic mass is 10.2. The number of methoxy groups -OCH3 is 1. The molecule has 0 saturated heterocycles. The first-order valence-electron chi connectivity index (χ1n) is 3.62. The molecule has 0 aromatic heterocycles. The molecule has 0 aromatic rings. The zero-order chi connectivity index (χ0) is 8.85. The Balaban J connectivity index is 3.80. The molecule has 2 atom stereocenters. The van der Waals surface area contributed by atoms with E-state index in [1.54, 1.807) is 6.92 Å². The van der Waals surface area contributed by atoms with Gasteiger partial charge in [0.2, 0.25) is 0 Å². The molecule has 0 aliphatic carbocycles. The highest BCUT2D eigenvalue weighted by molar-refractivity contribution is 5.75. The lowest BCUT2D eigenvalue weighted by Gasteiger charge is -2.16. The lowest BCUT2D eigenvalue weighted by Crippen LogP contribution is -2.42. The van der Waals surface area contributed by atoms with E-state index in [2.05, 4.69) is 10.1 Å². The summed E-state index contributed by atoms with van der Waals surface area (Å²) in [7, 11) is 1.25. The Bertz CT molecular complexity index is 127. The highest BCUT2D eigenvalue weighted by Crippen LogP contribution is 1.94. The largest absolute Gasteiger partial charge is 0.467 e. The first-order valence-corrected chi connectivity index (χ1v) is 3.62. The molecule has 4 nitrogen and oxygen atoms in total. The average Bonchev–Trinajstić information content (AvgIpc) is 2.02. The summed E-state index contributed by atoms with van der Waals surface area (Å²) < 4.78 is 4.35. The van der Waals surface area contributed by atoms with Crippen molar-refractivity contribution in [2.75, 3.05) is 13.7 Å². The quantitative estimate of drug-likeness (QED) is 0.547. The van der Waals surface area contributed by atoms with Gasteiger partial charge in [-0.05, 0) is 13.5 Å². The highest BCUT2D eigenvalue weighted by Gasteiger charge is 2.21. The predicted molar refractivity (Wildman–Crippen MR) is 41.2 cm³/mol. The van der Waals surface area contributed by atoms with Crippen LogP contribution in [-0.4, -0.2) is 36.9 Å². The summed E-state index contributed by atoms with van der Waals surface area (Å²) in [6.07, 6.45) is -1.07. The SMILES string of the molecule is CCNC(C)C(O)C(=O)OC. The zero-order valence-electron chi connectivity index (χ0n) is 7.13. The van der Waals surface area contributed by atoms with Crippen LogP contribution in [0, 0.1) is 0 Å². The van der Waals surface area contributed by atoms with Crippen LogP contribution in [0.15, 0.2) is 0 Å². The molecule has 0 amide bonds. The molecule has 0 rings (SSSR count). The second kappa shape index (κ2) is 5.09. The van der Waals surface area contributed by atoms with Crippen LogP contribution in [-0.2, 0) is 9.53 Å². The number of aliphatic hydroxyl groups excluding tert-OH is 1. The Hall–Kier alpha value is -0.610. The van der Waals surface area contributed by atoms with E-state index in [1.165, 1.54) is 7.11 Å². The minimum Gasteiger partial charge on any atom is -0.467 e. The second-order valence-corrected chi connectivity index (χ2v) is 2.31. The van der Waals surface area contributed by atoms with Crippen molar-refractivity contribution in [3.8, 4) is 0 Å². The van der Waals surface area contributed by atoms with Crippen LogP contribution in [0.5, 0.6) is 0 Å². The van der Waals surface area contributed by atoms with Gasteiger partial charge in [0, 0.05) is 6.04 Å². The highest BCUT2D eigenvalue weighted by atomic mass is 16.5. The molecule has 0 bridgehead atoms. The van der Waals surface area contributed by atoms with Crippen molar-refractivity contribution >= 4 is 5.97 Å². The predicted octanol–water partition coefficient (Wildman–Crippen LogP) is -0.482. The molecule has 2 unspecified atom stereocenters. The Labute approximate surface area is 66.5 Å². The Morgan fingerprint density at radius 2 is 2.27 bits per heavy atom. The van der Waals surface area contributed by atoms with Gasteiger partial charge in [0.15, 0.2) is 6.10 Å². The molecule has 0 heterocycles. The third-order valence-corrected chi connectivity index (χ3v) is 1.44. The number of esters is 1. The third kappa shape index (κ3) is 3.34. The number of likely N-dealkylation sites (N-methyl/N-ethyl adjacent to an activating group) is 1. The number of hydrogen-bond acceptors (Lipinski definition) is 4. The summed E-state index contributed by atoms with van der Waals surface area (Å²) in [5, 5.41) is 12.1. The number of hydrogen-bond donors (Lipinski definition) is 2. The van der Waals surface area contributed by atoms with Crippen LogP contribution < -0.4 is 5.32 Å². The van der Waals surface area contributed by atoms with Crippen molar-refractivity contribution in [2.24, 2.45) is 0 Å². The summed E-state index contributed by atoms with van der Waals surface area (Å²) >= 11 is 0. The molecule has 0 aliphatic rings. The lowest BCUT2D eigenvalue weighted by molar-refractivity contribution is -0.151. The summed E-state index contributed by atoms with van der Waals surface area (Å²) in [4.78, 5) is 10.7. The van der Waals surface area contributed by atoms with Crippen molar-refractivity contribution < 1.29 is 14.6 Å². The number of carbonyl (C=O) groups excluding carboxylic acids is 1. The number of rotatable bonds is 4. The first kappa shape index (κ1) is 10.4. The van der Waals surface area contributed by atoms with Crippen molar-refractivity contribution in [1.29, 1.82) is 0 Å². The molecule has 0 spiro atoms. The van der Waals surface area contributed by atoms with Crippen LogP contribution in [0.3, 0.4) is 0 Å². The van der Waals surface area contributed by atoms with E-state index in [4.69, 9.17) is 0 Å². The molecule has 0 saturated carbocycles. The van der Waals surface area contributed by atoms with Gasteiger partial charge in [-0.3, -0.25) is 0 Å². The smallest absolute Gasteiger partial charge is 0.336 e. The van der Waals surface area contributed by atoms with Gasteiger partial charge in [-0.15, -0.1) is 0 Å². The van der Waals surface area contributed by atoms with Gasteiger partial charge in [0.25, 0.3) is 0 Å². The Morgan fingerprint density at radius 1 is 1.73 bits per heavy atom. The minimum atomic E-state index is -1.07. The Kier molecular flexibility index (Phi) is 4.81. The van der Waals surface area contributed by atoms with E-state index in [9.17, 15) is 9.90 Å². The van der Waals surface area contributed by atoms with Gasteiger partial charge in [-0.1, -0.05) is 6.92 Å². The fraction of sp³-hybridized carbons (Fsp3) is 0.857. The fourth-order valence-electron chi connectivity index (χ4n) is 0.758. The molecule has 4 heteroatoms. The molecule has 0 aromatic carbocycles. The summed E-state index contributed by atoms with van der Waals surface area (Å²) in [6, 6.07) is -0.257. The van der Waals surface area contributed by atoms with Gasteiger partial charge < -0.3 is 15.2 Å². The third-order valence-electron chi connectivity index (χ3n) is 1.44. The Morgan fingerprint density at radius 3 is 2.64 bits per heavy atom. The van der Waals surface area contributed by atoms with E-state index in [0.29, 0.717) is 0 Å². The van der Waals surface area contributed by atoms with Crippen molar-refractivity contribution in [3.05, 3.63) is 0 Å². The molecule has 0 radical (unpaired) electrons. The van der Waals surface area contributed by atoms with Gasteiger partial charge >= 0.3 is 5.97 Å². The van der Waals surface area contributed by atoms with Crippen LogP contribution in [0.2, 0.25) is 0 Å². The first-order chi connectivity index (χ1) is 5.13. The van der Waals surface area contributed by atoms with E-state index in [0.717, 1.165) is 6.54 Å². The number of carbonyl (C=O) groups is 1. The fourth-order valence-corrected chi connectivity index (χ4v) is 0.758. The maximum atomic E-state index is 10.7. The second-order valence-electron chi connectivity index (χ2n) is 2.31. The molecule has 0 aliphatic heterocycles. The number of nitrogens with one attached hydrogen (secondary N) is 1. The molecular weight excluding hydrogens is 146 g/mol. The normalized spacial score (nSPS) is 15.6. The van der Waals surface area contributed by atoms with E-state index in [1.807, 2.05) is 6.92 Å². The van der Waals surface area contributed by atoms with Crippen LogP contribution in [0.4, 0.5) is 0 Å². The van der Waals surface area contributed by atoms with E-state index in [-0.39, 0.29) is 6.04 Å². The van der Waals surface area contributed by atoms with Crippen molar-refractivity contribution in [1.82, 2.24) is 5.32 Å². The van der Waals surface area contributed by atoms with Crippen LogP contribution >= 0.6 is 0 Å². The van der Waals surface area contributed by atoms with Gasteiger partial charge in [0.1, 0.15) is 0 Å². The molecule has 66 valence electrons. The minimum absolute atomic E-state index is 0.257. The topological polar surface area (TPSA) is 58.6 Å². The summed E-state index contributed by atoms with van der Waals surface area (Å²) in [5.74, 6) is -0.599. The number of ether oxygens (including phenoxy) is 1.